The van der Waals surface area contributed by atoms with Crippen molar-refractivity contribution in [2.45, 2.75) is 25.8 Å². The fourth-order valence-electron chi connectivity index (χ4n) is 2.10. The van der Waals surface area contributed by atoms with Crippen LogP contribution in [0.2, 0.25) is 0 Å². The summed E-state index contributed by atoms with van der Waals surface area (Å²) in [5.41, 5.74) is 8.19. The molecule has 2 aromatic carbocycles. The molecule has 1 atom stereocenters. The van der Waals surface area contributed by atoms with Gasteiger partial charge in [-0.15, -0.1) is 0 Å². The number of hydrogen-bond acceptors (Lipinski definition) is 1. The molecule has 0 radical (unpaired) electrons. The molecule has 0 aliphatic rings. The second kappa shape index (κ2) is 6.46. The molecule has 2 N–H and O–H groups in total. The Hall–Kier alpha value is -1.26. The summed E-state index contributed by atoms with van der Waals surface area (Å²) >= 11 is 3.06. The Balaban J connectivity index is 2.11. The zero-order chi connectivity index (χ0) is 14.7. The van der Waals surface area contributed by atoms with Crippen molar-refractivity contribution < 1.29 is 8.78 Å². The molecule has 0 aromatic heterocycles. The first kappa shape index (κ1) is 15.1. The van der Waals surface area contributed by atoms with Crippen molar-refractivity contribution in [1.82, 2.24) is 0 Å². The smallest absolute Gasteiger partial charge is 0.145 e. The Morgan fingerprint density at radius 3 is 2.40 bits per heavy atom. The van der Waals surface area contributed by atoms with Gasteiger partial charge in [-0.3, -0.25) is 0 Å². The van der Waals surface area contributed by atoms with Gasteiger partial charge in [-0.05, 0) is 53.4 Å². The predicted octanol–water partition coefficient (Wildman–Crippen LogP) is 4.67. The molecule has 0 saturated heterocycles. The van der Waals surface area contributed by atoms with E-state index in [4.69, 9.17) is 5.73 Å². The van der Waals surface area contributed by atoms with Crippen molar-refractivity contribution >= 4 is 15.9 Å². The van der Waals surface area contributed by atoms with Crippen molar-refractivity contribution in [2.75, 3.05) is 0 Å². The van der Waals surface area contributed by atoms with Crippen LogP contribution in [0, 0.1) is 18.6 Å². The van der Waals surface area contributed by atoms with Crippen LogP contribution in [0.3, 0.4) is 0 Å². The molecule has 106 valence electrons. The summed E-state index contributed by atoms with van der Waals surface area (Å²) < 4.78 is 27.9. The van der Waals surface area contributed by atoms with E-state index in [9.17, 15) is 8.78 Å². The van der Waals surface area contributed by atoms with E-state index in [-0.39, 0.29) is 10.0 Å². The Morgan fingerprint density at radius 1 is 1.10 bits per heavy atom. The number of aryl methyl sites for hydroxylation is 2. The monoisotopic (exact) mass is 339 g/mol. The minimum Gasteiger partial charge on any atom is -0.324 e. The van der Waals surface area contributed by atoms with Crippen molar-refractivity contribution in [1.29, 1.82) is 0 Å². The van der Waals surface area contributed by atoms with Crippen molar-refractivity contribution in [2.24, 2.45) is 5.73 Å². The molecule has 0 aliphatic heterocycles. The second-order valence-electron chi connectivity index (χ2n) is 4.89. The zero-order valence-electron chi connectivity index (χ0n) is 11.2. The van der Waals surface area contributed by atoms with Crippen LogP contribution in [-0.2, 0) is 6.42 Å². The predicted molar refractivity (Wildman–Crippen MR) is 80.5 cm³/mol. The number of hydrogen-bond donors (Lipinski definition) is 1. The molecule has 2 aromatic rings. The SMILES string of the molecule is Cc1ccc(CCC(N)c2c(F)ccc(Br)c2F)cc1. The summed E-state index contributed by atoms with van der Waals surface area (Å²) in [6.45, 7) is 2.02. The summed E-state index contributed by atoms with van der Waals surface area (Å²) in [7, 11) is 0. The van der Waals surface area contributed by atoms with E-state index in [1.54, 1.807) is 0 Å². The molecule has 0 spiro atoms. The van der Waals surface area contributed by atoms with E-state index in [1.165, 1.54) is 17.7 Å². The van der Waals surface area contributed by atoms with Gasteiger partial charge in [0.2, 0.25) is 0 Å². The largest absolute Gasteiger partial charge is 0.324 e. The molecule has 0 saturated carbocycles. The lowest BCUT2D eigenvalue weighted by Crippen LogP contribution is -2.15. The first-order valence-corrected chi connectivity index (χ1v) is 7.23. The second-order valence-corrected chi connectivity index (χ2v) is 5.74. The summed E-state index contributed by atoms with van der Waals surface area (Å²) in [5.74, 6) is -1.21. The first-order chi connectivity index (χ1) is 9.49. The third-order valence-electron chi connectivity index (χ3n) is 3.31. The Bertz CT molecular complexity index is 596. The number of rotatable bonds is 4. The maximum absolute atomic E-state index is 13.9. The molecule has 1 nitrogen and oxygen atoms in total. The molecule has 2 rings (SSSR count). The van der Waals surface area contributed by atoms with Crippen LogP contribution in [0.5, 0.6) is 0 Å². The lowest BCUT2D eigenvalue weighted by atomic mass is 9.98. The van der Waals surface area contributed by atoms with E-state index in [0.29, 0.717) is 12.8 Å². The van der Waals surface area contributed by atoms with Gasteiger partial charge in [0, 0.05) is 11.6 Å². The summed E-state index contributed by atoms with van der Waals surface area (Å²) in [5, 5.41) is 0. The molecule has 20 heavy (non-hydrogen) atoms. The van der Waals surface area contributed by atoms with Crippen LogP contribution >= 0.6 is 15.9 Å². The van der Waals surface area contributed by atoms with Gasteiger partial charge in [0.15, 0.2) is 0 Å². The lowest BCUT2D eigenvalue weighted by Gasteiger charge is -2.15. The van der Waals surface area contributed by atoms with E-state index >= 15 is 0 Å². The van der Waals surface area contributed by atoms with Crippen LogP contribution in [0.25, 0.3) is 0 Å². The standard InChI is InChI=1S/C16H16BrF2N/c1-10-2-4-11(5-3-10)6-9-14(20)15-13(18)8-7-12(17)16(15)19/h2-5,7-8,14H,6,9,20H2,1H3. The van der Waals surface area contributed by atoms with Crippen LogP contribution in [0.15, 0.2) is 40.9 Å². The highest BCUT2D eigenvalue weighted by Crippen LogP contribution is 2.27. The molecule has 0 fully saturated rings. The Morgan fingerprint density at radius 2 is 1.75 bits per heavy atom. The van der Waals surface area contributed by atoms with Crippen molar-refractivity contribution in [3.63, 3.8) is 0 Å². The van der Waals surface area contributed by atoms with Crippen LogP contribution in [0.4, 0.5) is 8.78 Å². The molecular weight excluding hydrogens is 324 g/mol. The number of halogens is 3. The third-order valence-corrected chi connectivity index (χ3v) is 3.93. The fourth-order valence-corrected chi connectivity index (χ4v) is 2.45. The van der Waals surface area contributed by atoms with Crippen LogP contribution in [0.1, 0.15) is 29.2 Å². The third kappa shape index (κ3) is 3.44. The average molecular weight is 340 g/mol. The van der Waals surface area contributed by atoms with E-state index in [1.807, 2.05) is 31.2 Å². The van der Waals surface area contributed by atoms with Gasteiger partial charge >= 0.3 is 0 Å². The van der Waals surface area contributed by atoms with Gasteiger partial charge in [-0.2, -0.15) is 0 Å². The lowest BCUT2D eigenvalue weighted by molar-refractivity contribution is 0.509. The maximum Gasteiger partial charge on any atom is 0.145 e. The van der Waals surface area contributed by atoms with Crippen molar-refractivity contribution in [3.05, 3.63) is 69.2 Å². The maximum atomic E-state index is 13.9. The number of benzene rings is 2. The summed E-state index contributed by atoms with van der Waals surface area (Å²) in [6, 6.07) is 9.97. The summed E-state index contributed by atoms with van der Waals surface area (Å²) in [6.07, 6.45) is 1.18. The topological polar surface area (TPSA) is 26.0 Å². The minimum atomic E-state index is -0.659. The highest BCUT2D eigenvalue weighted by atomic mass is 79.9. The summed E-state index contributed by atoms with van der Waals surface area (Å²) in [4.78, 5) is 0. The molecule has 0 aliphatic carbocycles. The zero-order valence-corrected chi connectivity index (χ0v) is 12.8. The van der Waals surface area contributed by atoms with E-state index < -0.39 is 17.7 Å². The van der Waals surface area contributed by atoms with Gasteiger partial charge in [-0.25, -0.2) is 8.78 Å². The molecular formula is C16H16BrF2N. The van der Waals surface area contributed by atoms with Gasteiger partial charge in [0.05, 0.1) is 4.47 Å². The molecule has 1 unspecified atom stereocenters. The molecule has 0 bridgehead atoms. The normalized spacial score (nSPS) is 12.4. The first-order valence-electron chi connectivity index (χ1n) is 6.43. The Kier molecular flexibility index (Phi) is 4.89. The van der Waals surface area contributed by atoms with Gasteiger partial charge in [0.25, 0.3) is 0 Å². The van der Waals surface area contributed by atoms with E-state index in [2.05, 4.69) is 15.9 Å². The van der Waals surface area contributed by atoms with Crippen LogP contribution in [-0.4, -0.2) is 0 Å². The fraction of sp³-hybridized carbons (Fsp3) is 0.250. The van der Waals surface area contributed by atoms with Gasteiger partial charge < -0.3 is 5.73 Å². The number of nitrogens with two attached hydrogens (primary N) is 1. The van der Waals surface area contributed by atoms with E-state index in [0.717, 1.165) is 5.56 Å². The van der Waals surface area contributed by atoms with Gasteiger partial charge in [0.1, 0.15) is 11.6 Å². The van der Waals surface area contributed by atoms with Crippen molar-refractivity contribution in [3.8, 4) is 0 Å². The molecule has 0 heterocycles. The molecule has 4 heteroatoms. The average Bonchev–Trinajstić information content (AvgIpc) is 2.43. The van der Waals surface area contributed by atoms with Crippen LogP contribution < -0.4 is 5.73 Å². The molecule has 0 amide bonds. The highest BCUT2D eigenvalue weighted by molar-refractivity contribution is 9.10. The quantitative estimate of drug-likeness (QED) is 0.805. The highest BCUT2D eigenvalue weighted by Gasteiger charge is 2.18. The Labute approximate surface area is 125 Å². The van der Waals surface area contributed by atoms with Gasteiger partial charge in [-0.1, -0.05) is 29.8 Å². The minimum absolute atomic E-state index is 0.0495.